The molecule has 0 saturated heterocycles. The number of thiophene rings is 1. The van der Waals surface area contributed by atoms with Crippen LogP contribution >= 0.6 is 11.3 Å². The van der Waals surface area contributed by atoms with Crippen LogP contribution in [-0.4, -0.2) is 17.7 Å². The molecule has 1 rings (SSSR count). The Labute approximate surface area is 93.5 Å². The maximum Gasteiger partial charge on any atom is 0.421 e. The third-order valence-corrected chi connectivity index (χ3v) is 2.72. The van der Waals surface area contributed by atoms with Gasteiger partial charge in [-0.15, -0.1) is 11.3 Å². The van der Waals surface area contributed by atoms with Gasteiger partial charge < -0.3 is 9.84 Å². The Morgan fingerprint density at radius 2 is 2.19 bits per heavy atom. The summed E-state index contributed by atoms with van der Waals surface area (Å²) in [5.41, 5.74) is -1.15. The number of halogens is 3. The molecule has 7 heteroatoms. The van der Waals surface area contributed by atoms with Crippen molar-refractivity contribution in [1.82, 2.24) is 0 Å². The van der Waals surface area contributed by atoms with Crippen molar-refractivity contribution >= 4 is 17.3 Å². The van der Waals surface area contributed by atoms with E-state index in [-0.39, 0.29) is 11.5 Å². The lowest BCUT2D eigenvalue weighted by atomic mass is 10.2. The highest BCUT2D eigenvalue weighted by Crippen LogP contribution is 2.41. The molecule has 3 nitrogen and oxygen atoms in total. The van der Waals surface area contributed by atoms with Gasteiger partial charge in [0.25, 0.3) is 0 Å². The number of carbonyl (C=O) groups excluding carboxylic acids is 1. The molecule has 1 aromatic rings. The Hall–Kier alpha value is -1.24. The average Bonchev–Trinajstić information content (AvgIpc) is 2.46. The second-order valence-electron chi connectivity index (χ2n) is 2.90. The first-order valence-corrected chi connectivity index (χ1v) is 5.26. The van der Waals surface area contributed by atoms with E-state index >= 15 is 0 Å². The van der Waals surface area contributed by atoms with E-state index in [1.807, 2.05) is 0 Å². The van der Waals surface area contributed by atoms with Gasteiger partial charge in [0.2, 0.25) is 0 Å². The Bertz CT molecular complexity index is 384. The van der Waals surface area contributed by atoms with Crippen molar-refractivity contribution in [3.8, 4) is 5.75 Å². The molecule has 0 bridgehead atoms. The number of hydrogen-bond donors (Lipinski definition) is 1. The van der Waals surface area contributed by atoms with Crippen molar-refractivity contribution < 1.29 is 27.8 Å². The number of ether oxygens (including phenoxy) is 1. The van der Waals surface area contributed by atoms with Crippen LogP contribution in [0.5, 0.6) is 5.75 Å². The summed E-state index contributed by atoms with van der Waals surface area (Å²) in [5, 5.41) is 10.0. The minimum Gasteiger partial charge on any atom is -0.506 e. The number of hydrogen-bond acceptors (Lipinski definition) is 4. The van der Waals surface area contributed by atoms with Crippen molar-refractivity contribution in [2.75, 3.05) is 6.61 Å². The molecular formula is C9H9F3O3S. The molecule has 0 saturated carbocycles. The number of aromatic hydroxyl groups is 1. The van der Waals surface area contributed by atoms with Gasteiger partial charge in [0.15, 0.2) is 0 Å². The third kappa shape index (κ3) is 2.88. The van der Waals surface area contributed by atoms with Crippen LogP contribution in [-0.2, 0) is 22.1 Å². The molecule has 0 fully saturated rings. The molecule has 16 heavy (non-hydrogen) atoms. The molecule has 0 aliphatic rings. The average molecular weight is 254 g/mol. The standard InChI is InChI=1S/C9H9F3O3S/c1-2-15-7(14)3-6-8(9(10,11)12)5(13)4-16-6/h4,13H,2-3H2,1H3. The van der Waals surface area contributed by atoms with Gasteiger partial charge in [-0.3, -0.25) is 4.79 Å². The Morgan fingerprint density at radius 3 is 2.69 bits per heavy atom. The lowest BCUT2D eigenvalue weighted by Gasteiger charge is -2.08. The van der Waals surface area contributed by atoms with E-state index in [4.69, 9.17) is 5.11 Å². The normalized spacial score (nSPS) is 11.5. The molecule has 1 N–H and O–H groups in total. The molecule has 1 aromatic heterocycles. The van der Waals surface area contributed by atoms with E-state index in [1.54, 1.807) is 6.92 Å². The summed E-state index contributed by atoms with van der Waals surface area (Å²) < 4.78 is 42.0. The first kappa shape index (κ1) is 12.8. The summed E-state index contributed by atoms with van der Waals surface area (Å²) in [7, 11) is 0. The van der Waals surface area contributed by atoms with E-state index in [2.05, 4.69) is 4.74 Å². The Morgan fingerprint density at radius 1 is 1.56 bits per heavy atom. The van der Waals surface area contributed by atoms with Crippen LogP contribution in [0.1, 0.15) is 17.4 Å². The summed E-state index contributed by atoms with van der Waals surface area (Å²) in [6.45, 7) is 1.67. The number of esters is 1. The fourth-order valence-electron chi connectivity index (χ4n) is 1.16. The van der Waals surface area contributed by atoms with Gasteiger partial charge in [0, 0.05) is 10.3 Å². The zero-order valence-electron chi connectivity index (χ0n) is 8.30. The van der Waals surface area contributed by atoms with Crippen LogP contribution in [0.25, 0.3) is 0 Å². The van der Waals surface area contributed by atoms with Gasteiger partial charge in [-0.1, -0.05) is 0 Å². The molecule has 90 valence electrons. The molecule has 0 amide bonds. The van der Waals surface area contributed by atoms with Crippen molar-refractivity contribution in [2.24, 2.45) is 0 Å². The molecule has 0 aliphatic carbocycles. The molecule has 0 atom stereocenters. The molecular weight excluding hydrogens is 245 g/mol. The SMILES string of the molecule is CCOC(=O)Cc1scc(O)c1C(F)(F)F. The first-order chi connectivity index (χ1) is 7.36. The molecule has 0 aliphatic heterocycles. The van der Waals surface area contributed by atoms with Crippen molar-refractivity contribution in [1.29, 1.82) is 0 Å². The summed E-state index contributed by atoms with van der Waals surface area (Å²) in [5.74, 6) is -1.59. The quantitative estimate of drug-likeness (QED) is 0.843. The zero-order chi connectivity index (χ0) is 12.3. The topological polar surface area (TPSA) is 46.5 Å². The van der Waals surface area contributed by atoms with Gasteiger partial charge in [-0.25, -0.2) is 0 Å². The second kappa shape index (κ2) is 4.73. The minimum absolute atomic E-state index is 0.109. The number of carbonyl (C=O) groups is 1. The Balaban J connectivity index is 2.94. The predicted octanol–water partition coefficient (Wildman–Crippen LogP) is 2.58. The third-order valence-electron chi connectivity index (χ3n) is 1.74. The highest BCUT2D eigenvalue weighted by Gasteiger charge is 2.38. The van der Waals surface area contributed by atoms with Crippen molar-refractivity contribution in [2.45, 2.75) is 19.5 Å². The lowest BCUT2D eigenvalue weighted by Crippen LogP contribution is -2.12. The molecule has 0 radical (unpaired) electrons. The monoisotopic (exact) mass is 254 g/mol. The van der Waals surface area contributed by atoms with Crippen molar-refractivity contribution in [3.05, 3.63) is 15.8 Å². The summed E-state index contributed by atoms with van der Waals surface area (Å²) in [6.07, 6.45) is -5.14. The van der Waals surface area contributed by atoms with Gasteiger partial charge in [0.05, 0.1) is 13.0 Å². The van der Waals surface area contributed by atoms with Crippen molar-refractivity contribution in [3.63, 3.8) is 0 Å². The van der Waals surface area contributed by atoms with Gasteiger partial charge >= 0.3 is 12.1 Å². The minimum atomic E-state index is -4.66. The van der Waals surface area contributed by atoms with Gasteiger partial charge in [0.1, 0.15) is 11.3 Å². The van der Waals surface area contributed by atoms with E-state index in [9.17, 15) is 18.0 Å². The fourth-order valence-corrected chi connectivity index (χ4v) is 2.08. The fraction of sp³-hybridized carbons (Fsp3) is 0.444. The van der Waals surface area contributed by atoms with Crippen LogP contribution in [0.3, 0.4) is 0 Å². The zero-order valence-corrected chi connectivity index (χ0v) is 9.11. The highest BCUT2D eigenvalue weighted by molar-refractivity contribution is 7.10. The lowest BCUT2D eigenvalue weighted by molar-refractivity contribution is -0.143. The first-order valence-electron chi connectivity index (χ1n) is 4.38. The molecule has 0 unspecified atom stereocenters. The maximum atomic E-state index is 12.5. The second-order valence-corrected chi connectivity index (χ2v) is 3.86. The van der Waals surface area contributed by atoms with E-state index < -0.39 is 29.9 Å². The van der Waals surface area contributed by atoms with Crippen LogP contribution < -0.4 is 0 Å². The van der Waals surface area contributed by atoms with Crippen LogP contribution in [0.4, 0.5) is 13.2 Å². The number of alkyl halides is 3. The predicted molar refractivity (Wildman–Crippen MR) is 51.3 cm³/mol. The summed E-state index contributed by atoms with van der Waals surface area (Å²) in [4.78, 5) is 10.8. The smallest absolute Gasteiger partial charge is 0.421 e. The molecule has 0 aromatic carbocycles. The molecule has 1 heterocycles. The maximum absolute atomic E-state index is 12.5. The summed E-state index contributed by atoms with van der Waals surface area (Å²) in [6, 6.07) is 0. The van der Waals surface area contributed by atoms with E-state index in [0.717, 1.165) is 5.38 Å². The van der Waals surface area contributed by atoms with Crippen LogP contribution in [0.15, 0.2) is 5.38 Å². The largest absolute Gasteiger partial charge is 0.506 e. The summed E-state index contributed by atoms with van der Waals surface area (Å²) >= 11 is 0.686. The van der Waals surface area contributed by atoms with Gasteiger partial charge in [-0.05, 0) is 6.92 Å². The number of rotatable bonds is 3. The van der Waals surface area contributed by atoms with Crippen LogP contribution in [0, 0.1) is 0 Å². The van der Waals surface area contributed by atoms with E-state index in [1.165, 1.54) is 0 Å². The van der Waals surface area contributed by atoms with Gasteiger partial charge in [-0.2, -0.15) is 13.2 Å². The molecule has 0 spiro atoms. The Kier molecular flexibility index (Phi) is 3.79. The van der Waals surface area contributed by atoms with Crippen LogP contribution in [0.2, 0.25) is 0 Å². The highest BCUT2D eigenvalue weighted by atomic mass is 32.1. The van der Waals surface area contributed by atoms with E-state index in [0.29, 0.717) is 11.3 Å².